The molecule has 1 aromatic carbocycles. The number of para-hydroxylation sites is 2. The van der Waals surface area contributed by atoms with Gasteiger partial charge in [0, 0.05) is 25.1 Å². The van der Waals surface area contributed by atoms with E-state index in [1.807, 2.05) is 24.3 Å². The lowest BCUT2D eigenvalue weighted by Crippen LogP contribution is -2.38. The first-order chi connectivity index (χ1) is 9.71. The summed E-state index contributed by atoms with van der Waals surface area (Å²) >= 11 is 0. The van der Waals surface area contributed by atoms with Gasteiger partial charge in [0.1, 0.15) is 6.61 Å². The average Bonchev–Trinajstić information content (AvgIpc) is 2.52. The number of nitrogens with one attached hydrogen (secondary N) is 1. The van der Waals surface area contributed by atoms with Gasteiger partial charge in [0.2, 0.25) is 0 Å². The van der Waals surface area contributed by atoms with Gasteiger partial charge < -0.3 is 19.9 Å². The Morgan fingerprint density at radius 2 is 1.80 bits per heavy atom. The van der Waals surface area contributed by atoms with Crippen LogP contribution in [0.15, 0.2) is 24.3 Å². The van der Waals surface area contributed by atoms with Gasteiger partial charge in [-0.05, 0) is 25.0 Å². The minimum absolute atomic E-state index is 0.00949. The summed E-state index contributed by atoms with van der Waals surface area (Å²) in [5.74, 6) is 1.51. The molecule has 0 aromatic heterocycles. The normalized spacial score (nSPS) is 11.4. The predicted molar refractivity (Wildman–Crippen MR) is 81.5 cm³/mol. The SMILES string of the molecule is CCC(CC)(CO)CNCCOc1ccccc1OC. The molecule has 0 heterocycles. The van der Waals surface area contributed by atoms with Crippen LogP contribution >= 0.6 is 0 Å². The van der Waals surface area contributed by atoms with Crippen molar-refractivity contribution < 1.29 is 14.6 Å². The second-order valence-electron chi connectivity index (χ2n) is 5.04. The highest BCUT2D eigenvalue weighted by Gasteiger charge is 2.24. The van der Waals surface area contributed by atoms with Crippen molar-refractivity contribution in [1.82, 2.24) is 5.32 Å². The van der Waals surface area contributed by atoms with Crippen LogP contribution < -0.4 is 14.8 Å². The molecule has 4 nitrogen and oxygen atoms in total. The van der Waals surface area contributed by atoms with Crippen LogP contribution in [0.4, 0.5) is 0 Å². The molecule has 0 radical (unpaired) electrons. The number of benzene rings is 1. The molecule has 0 saturated heterocycles. The van der Waals surface area contributed by atoms with Crippen molar-refractivity contribution in [3.05, 3.63) is 24.3 Å². The number of methoxy groups -OCH3 is 1. The lowest BCUT2D eigenvalue weighted by Gasteiger charge is -2.29. The molecule has 4 heteroatoms. The Hall–Kier alpha value is -1.26. The molecule has 0 aliphatic heterocycles. The van der Waals surface area contributed by atoms with Crippen molar-refractivity contribution in [2.24, 2.45) is 5.41 Å². The first-order valence-electron chi connectivity index (χ1n) is 7.28. The standard InChI is InChI=1S/C16H27NO3/c1-4-16(5-2,13-18)12-17-10-11-20-15-9-7-6-8-14(15)19-3/h6-9,17-18H,4-5,10-13H2,1-3H3. The van der Waals surface area contributed by atoms with Gasteiger partial charge in [-0.2, -0.15) is 0 Å². The summed E-state index contributed by atoms with van der Waals surface area (Å²) in [6.45, 7) is 6.60. The molecule has 2 N–H and O–H groups in total. The van der Waals surface area contributed by atoms with Crippen molar-refractivity contribution in [3.8, 4) is 11.5 Å². The van der Waals surface area contributed by atoms with Gasteiger partial charge in [0.15, 0.2) is 11.5 Å². The van der Waals surface area contributed by atoms with Gasteiger partial charge >= 0.3 is 0 Å². The second-order valence-corrected chi connectivity index (χ2v) is 5.04. The number of hydrogen-bond donors (Lipinski definition) is 2. The Morgan fingerprint density at radius 1 is 1.15 bits per heavy atom. The Labute approximate surface area is 122 Å². The average molecular weight is 281 g/mol. The van der Waals surface area contributed by atoms with Gasteiger partial charge in [-0.3, -0.25) is 0 Å². The molecule has 114 valence electrons. The lowest BCUT2D eigenvalue weighted by atomic mass is 9.83. The van der Waals surface area contributed by atoms with Crippen LogP contribution in [0, 0.1) is 5.41 Å². The van der Waals surface area contributed by atoms with E-state index in [1.165, 1.54) is 0 Å². The third-order valence-corrected chi connectivity index (χ3v) is 3.94. The predicted octanol–water partition coefficient (Wildman–Crippen LogP) is 2.46. The largest absolute Gasteiger partial charge is 0.493 e. The highest BCUT2D eigenvalue weighted by Crippen LogP contribution is 2.26. The van der Waals surface area contributed by atoms with Crippen molar-refractivity contribution in [1.29, 1.82) is 0 Å². The highest BCUT2D eigenvalue weighted by atomic mass is 16.5. The first-order valence-corrected chi connectivity index (χ1v) is 7.28. The Morgan fingerprint density at radius 3 is 2.35 bits per heavy atom. The fourth-order valence-electron chi connectivity index (χ4n) is 2.10. The van der Waals surface area contributed by atoms with E-state index in [0.29, 0.717) is 6.61 Å². The van der Waals surface area contributed by atoms with Crippen molar-refractivity contribution in [3.63, 3.8) is 0 Å². The summed E-state index contributed by atoms with van der Waals surface area (Å²) in [4.78, 5) is 0. The van der Waals surface area contributed by atoms with E-state index >= 15 is 0 Å². The Kier molecular flexibility index (Phi) is 7.41. The van der Waals surface area contributed by atoms with Gasteiger partial charge in [-0.25, -0.2) is 0 Å². The van der Waals surface area contributed by atoms with E-state index in [1.54, 1.807) is 7.11 Å². The Balaban J connectivity index is 2.31. The fourth-order valence-corrected chi connectivity index (χ4v) is 2.10. The van der Waals surface area contributed by atoms with Crippen LogP contribution in [0.1, 0.15) is 26.7 Å². The maximum atomic E-state index is 9.49. The summed E-state index contributed by atoms with van der Waals surface area (Å²) in [5, 5.41) is 12.9. The maximum absolute atomic E-state index is 9.49. The smallest absolute Gasteiger partial charge is 0.161 e. The topological polar surface area (TPSA) is 50.7 Å². The summed E-state index contributed by atoms with van der Waals surface area (Å²) in [7, 11) is 1.64. The zero-order chi connectivity index (χ0) is 14.8. The van der Waals surface area contributed by atoms with Gasteiger partial charge in [-0.1, -0.05) is 26.0 Å². The minimum Gasteiger partial charge on any atom is -0.493 e. The third-order valence-electron chi connectivity index (χ3n) is 3.94. The third kappa shape index (κ3) is 4.69. The monoisotopic (exact) mass is 281 g/mol. The summed E-state index contributed by atoms with van der Waals surface area (Å²) in [6.07, 6.45) is 1.95. The zero-order valence-corrected chi connectivity index (χ0v) is 12.8. The minimum atomic E-state index is -0.00949. The summed E-state index contributed by atoms with van der Waals surface area (Å²) in [5.41, 5.74) is -0.00949. The molecular weight excluding hydrogens is 254 g/mol. The first kappa shape index (κ1) is 16.8. The molecule has 0 saturated carbocycles. The second kappa shape index (κ2) is 8.82. The molecule has 0 bridgehead atoms. The van der Waals surface area contributed by atoms with Crippen LogP contribution in [0.5, 0.6) is 11.5 Å². The van der Waals surface area contributed by atoms with Gasteiger partial charge in [0.25, 0.3) is 0 Å². The number of hydrogen-bond acceptors (Lipinski definition) is 4. The van der Waals surface area contributed by atoms with Crippen LogP contribution in [0.25, 0.3) is 0 Å². The van der Waals surface area contributed by atoms with Gasteiger partial charge in [0.05, 0.1) is 7.11 Å². The molecule has 0 spiro atoms. The van der Waals surface area contributed by atoms with E-state index < -0.39 is 0 Å². The van der Waals surface area contributed by atoms with E-state index in [4.69, 9.17) is 9.47 Å². The summed E-state index contributed by atoms with van der Waals surface area (Å²) < 4.78 is 10.9. The van der Waals surface area contributed by atoms with E-state index in [9.17, 15) is 5.11 Å². The lowest BCUT2D eigenvalue weighted by molar-refractivity contribution is 0.112. The van der Waals surface area contributed by atoms with E-state index in [2.05, 4.69) is 19.2 Å². The fraction of sp³-hybridized carbons (Fsp3) is 0.625. The van der Waals surface area contributed by atoms with Crippen molar-refractivity contribution in [2.75, 3.05) is 33.4 Å². The number of ether oxygens (including phenoxy) is 2. The number of aliphatic hydroxyl groups excluding tert-OH is 1. The molecule has 1 rings (SSSR count). The molecule has 1 aromatic rings. The van der Waals surface area contributed by atoms with Crippen LogP contribution in [-0.4, -0.2) is 38.5 Å². The maximum Gasteiger partial charge on any atom is 0.161 e. The molecular formula is C16H27NO3. The number of rotatable bonds is 10. The van der Waals surface area contributed by atoms with Crippen molar-refractivity contribution >= 4 is 0 Å². The molecule has 0 amide bonds. The van der Waals surface area contributed by atoms with Crippen LogP contribution in [0.3, 0.4) is 0 Å². The molecule has 20 heavy (non-hydrogen) atoms. The van der Waals surface area contributed by atoms with E-state index in [0.717, 1.165) is 37.4 Å². The molecule has 0 fully saturated rings. The Bertz CT molecular complexity index is 369. The molecule has 0 aliphatic rings. The highest BCUT2D eigenvalue weighted by molar-refractivity contribution is 5.39. The van der Waals surface area contributed by atoms with Gasteiger partial charge in [-0.15, -0.1) is 0 Å². The molecule has 0 aliphatic carbocycles. The molecule has 0 atom stereocenters. The summed E-state index contributed by atoms with van der Waals surface area (Å²) in [6, 6.07) is 7.63. The van der Waals surface area contributed by atoms with Crippen molar-refractivity contribution in [2.45, 2.75) is 26.7 Å². The van der Waals surface area contributed by atoms with Crippen LogP contribution in [-0.2, 0) is 0 Å². The van der Waals surface area contributed by atoms with E-state index in [-0.39, 0.29) is 12.0 Å². The quantitative estimate of drug-likeness (QED) is 0.647. The zero-order valence-electron chi connectivity index (χ0n) is 12.8. The molecule has 0 unspecified atom stereocenters. The number of aliphatic hydroxyl groups is 1. The van der Waals surface area contributed by atoms with Crippen LogP contribution in [0.2, 0.25) is 0 Å².